The summed E-state index contributed by atoms with van der Waals surface area (Å²) in [6, 6.07) is 5.58. The summed E-state index contributed by atoms with van der Waals surface area (Å²) in [5, 5.41) is 2.83. The van der Waals surface area contributed by atoms with Crippen LogP contribution in [0.1, 0.15) is 25.8 Å². The molecule has 1 aromatic rings. The second-order valence-electron chi connectivity index (χ2n) is 4.51. The predicted molar refractivity (Wildman–Crippen MR) is 67.0 cm³/mol. The van der Waals surface area contributed by atoms with Gasteiger partial charge < -0.3 is 10.2 Å². The average molecular weight is 232 g/mol. The molecule has 0 spiro atoms. The van der Waals surface area contributed by atoms with Crippen molar-refractivity contribution in [3.63, 3.8) is 0 Å². The number of hydrogen-bond donors (Lipinski definition) is 1. The Morgan fingerprint density at radius 3 is 2.82 bits per heavy atom. The molecule has 0 saturated heterocycles. The van der Waals surface area contributed by atoms with E-state index in [0.717, 1.165) is 11.3 Å². The van der Waals surface area contributed by atoms with E-state index in [-0.39, 0.29) is 17.9 Å². The van der Waals surface area contributed by atoms with Crippen molar-refractivity contribution in [3.8, 4) is 0 Å². The quantitative estimate of drug-likeness (QED) is 0.744. The molecule has 1 aromatic carbocycles. The molecule has 4 nitrogen and oxygen atoms in total. The summed E-state index contributed by atoms with van der Waals surface area (Å²) in [6.45, 7) is 5.38. The van der Waals surface area contributed by atoms with Crippen molar-refractivity contribution in [2.24, 2.45) is 0 Å². The van der Waals surface area contributed by atoms with Gasteiger partial charge in [0, 0.05) is 19.4 Å². The minimum Gasteiger partial charge on any atom is -0.324 e. The van der Waals surface area contributed by atoms with Crippen molar-refractivity contribution in [1.29, 1.82) is 0 Å². The van der Waals surface area contributed by atoms with Crippen LogP contribution in [0.3, 0.4) is 0 Å². The number of nitrogens with zero attached hydrogens (tertiary/aromatic N) is 1. The summed E-state index contributed by atoms with van der Waals surface area (Å²) in [7, 11) is 0. The third kappa shape index (κ3) is 2.16. The van der Waals surface area contributed by atoms with Crippen LogP contribution in [-0.4, -0.2) is 17.9 Å². The Labute approximate surface area is 101 Å². The molecule has 1 heterocycles. The molecule has 1 aliphatic heterocycles. The van der Waals surface area contributed by atoms with Gasteiger partial charge in [0.2, 0.25) is 11.8 Å². The number of anilines is 2. The van der Waals surface area contributed by atoms with E-state index < -0.39 is 0 Å². The second kappa shape index (κ2) is 4.20. The van der Waals surface area contributed by atoms with Gasteiger partial charge in [-0.25, -0.2) is 0 Å². The highest BCUT2D eigenvalue weighted by Crippen LogP contribution is 2.32. The van der Waals surface area contributed by atoms with Gasteiger partial charge >= 0.3 is 0 Å². The Morgan fingerprint density at radius 1 is 1.47 bits per heavy atom. The van der Waals surface area contributed by atoms with Crippen molar-refractivity contribution < 1.29 is 9.59 Å². The van der Waals surface area contributed by atoms with E-state index in [1.807, 2.05) is 32.0 Å². The third-order valence-electron chi connectivity index (χ3n) is 2.95. The van der Waals surface area contributed by atoms with E-state index in [0.29, 0.717) is 12.1 Å². The first-order chi connectivity index (χ1) is 7.99. The van der Waals surface area contributed by atoms with Crippen molar-refractivity contribution in [1.82, 2.24) is 0 Å². The van der Waals surface area contributed by atoms with Crippen molar-refractivity contribution in [2.75, 3.05) is 10.2 Å². The molecule has 2 rings (SSSR count). The van der Waals surface area contributed by atoms with Crippen LogP contribution in [0.25, 0.3) is 0 Å². The normalized spacial score (nSPS) is 19.4. The molecule has 0 fully saturated rings. The maximum Gasteiger partial charge on any atom is 0.226 e. The molecule has 4 heteroatoms. The number of aryl methyl sites for hydroxylation is 1. The summed E-state index contributed by atoms with van der Waals surface area (Å²) >= 11 is 0. The smallest absolute Gasteiger partial charge is 0.226 e. The van der Waals surface area contributed by atoms with Gasteiger partial charge in [-0.1, -0.05) is 6.07 Å². The lowest BCUT2D eigenvalue weighted by atomic mass is 10.1. The second-order valence-corrected chi connectivity index (χ2v) is 4.51. The number of rotatable bonds is 0. The van der Waals surface area contributed by atoms with Gasteiger partial charge in [-0.05, 0) is 31.5 Å². The van der Waals surface area contributed by atoms with E-state index in [9.17, 15) is 9.59 Å². The molecule has 1 N–H and O–H groups in total. The molecular weight excluding hydrogens is 216 g/mol. The number of carbonyl (C=O) groups is 2. The summed E-state index contributed by atoms with van der Waals surface area (Å²) in [5.74, 6) is -0.0906. The van der Waals surface area contributed by atoms with E-state index in [4.69, 9.17) is 0 Å². The molecule has 0 radical (unpaired) electrons. The van der Waals surface area contributed by atoms with E-state index in [1.54, 1.807) is 4.90 Å². The fourth-order valence-electron chi connectivity index (χ4n) is 2.22. The largest absolute Gasteiger partial charge is 0.324 e. The topological polar surface area (TPSA) is 49.4 Å². The monoisotopic (exact) mass is 232 g/mol. The number of amides is 2. The molecule has 0 saturated carbocycles. The zero-order valence-electron chi connectivity index (χ0n) is 10.3. The van der Waals surface area contributed by atoms with Crippen molar-refractivity contribution >= 4 is 23.2 Å². The van der Waals surface area contributed by atoms with Crippen LogP contribution in [0.15, 0.2) is 18.2 Å². The van der Waals surface area contributed by atoms with Gasteiger partial charge in [0.25, 0.3) is 0 Å². The fourth-order valence-corrected chi connectivity index (χ4v) is 2.22. The first kappa shape index (κ1) is 11.6. The molecule has 0 aliphatic carbocycles. The van der Waals surface area contributed by atoms with Gasteiger partial charge in [0.1, 0.15) is 0 Å². The SMILES string of the molecule is CC(=O)N1c2cc(C)ccc2NC(=O)CC1C. The Balaban J connectivity index is 2.57. The number of benzene rings is 1. The summed E-state index contributed by atoms with van der Waals surface area (Å²) in [5.41, 5.74) is 2.56. The van der Waals surface area contributed by atoms with Crippen LogP contribution in [0.5, 0.6) is 0 Å². The summed E-state index contributed by atoms with van der Waals surface area (Å²) in [6.07, 6.45) is 0.327. The minimum absolute atomic E-state index is 0.0409. The lowest BCUT2D eigenvalue weighted by Gasteiger charge is -2.26. The summed E-state index contributed by atoms with van der Waals surface area (Å²) in [4.78, 5) is 25.1. The lowest BCUT2D eigenvalue weighted by molar-refractivity contribution is -0.117. The van der Waals surface area contributed by atoms with Gasteiger partial charge in [-0.2, -0.15) is 0 Å². The number of fused-ring (bicyclic) bond motifs is 1. The third-order valence-corrected chi connectivity index (χ3v) is 2.95. The molecule has 0 bridgehead atoms. The zero-order valence-corrected chi connectivity index (χ0v) is 10.3. The van der Waals surface area contributed by atoms with Crippen LogP contribution >= 0.6 is 0 Å². The standard InChI is InChI=1S/C13H16N2O2/c1-8-4-5-11-12(6-8)15(10(3)16)9(2)7-13(17)14-11/h4-6,9H,7H2,1-3H3,(H,14,17). The minimum atomic E-state index is -0.115. The Morgan fingerprint density at radius 2 is 2.18 bits per heavy atom. The molecule has 1 aliphatic rings. The van der Waals surface area contributed by atoms with Crippen molar-refractivity contribution in [3.05, 3.63) is 23.8 Å². The molecule has 17 heavy (non-hydrogen) atoms. The van der Waals surface area contributed by atoms with Crippen LogP contribution in [-0.2, 0) is 9.59 Å². The zero-order chi connectivity index (χ0) is 12.6. The summed E-state index contributed by atoms with van der Waals surface area (Å²) < 4.78 is 0. The van der Waals surface area contributed by atoms with Crippen LogP contribution in [0.4, 0.5) is 11.4 Å². The Kier molecular flexibility index (Phi) is 2.88. The van der Waals surface area contributed by atoms with Gasteiger partial charge in [0.15, 0.2) is 0 Å². The van der Waals surface area contributed by atoms with Gasteiger partial charge in [0.05, 0.1) is 11.4 Å². The molecule has 1 unspecified atom stereocenters. The first-order valence-electron chi connectivity index (χ1n) is 5.69. The molecule has 2 amide bonds. The highest BCUT2D eigenvalue weighted by atomic mass is 16.2. The lowest BCUT2D eigenvalue weighted by Crippen LogP contribution is -2.37. The van der Waals surface area contributed by atoms with E-state index in [2.05, 4.69) is 5.32 Å². The maximum absolute atomic E-state index is 11.7. The van der Waals surface area contributed by atoms with Crippen LogP contribution < -0.4 is 10.2 Å². The molecule has 90 valence electrons. The van der Waals surface area contributed by atoms with Gasteiger partial charge in [-0.3, -0.25) is 9.59 Å². The average Bonchev–Trinajstić information content (AvgIpc) is 2.32. The number of hydrogen-bond acceptors (Lipinski definition) is 2. The highest BCUT2D eigenvalue weighted by Gasteiger charge is 2.27. The highest BCUT2D eigenvalue weighted by molar-refractivity contribution is 6.03. The number of carbonyl (C=O) groups excluding carboxylic acids is 2. The fraction of sp³-hybridized carbons (Fsp3) is 0.385. The Hall–Kier alpha value is -1.84. The Bertz CT molecular complexity index is 482. The van der Waals surface area contributed by atoms with Crippen LogP contribution in [0.2, 0.25) is 0 Å². The van der Waals surface area contributed by atoms with E-state index >= 15 is 0 Å². The van der Waals surface area contributed by atoms with E-state index in [1.165, 1.54) is 6.92 Å². The predicted octanol–water partition coefficient (Wildman–Crippen LogP) is 2.08. The molecule has 0 aromatic heterocycles. The number of nitrogens with one attached hydrogen (secondary N) is 1. The van der Waals surface area contributed by atoms with Crippen LogP contribution in [0, 0.1) is 6.92 Å². The maximum atomic E-state index is 11.7. The molecular formula is C13H16N2O2. The molecule has 1 atom stereocenters. The first-order valence-corrected chi connectivity index (χ1v) is 5.69. The van der Waals surface area contributed by atoms with Crippen molar-refractivity contribution in [2.45, 2.75) is 33.2 Å². The van der Waals surface area contributed by atoms with Gasteiger partial charge in [-0.15, -0.1) is 0 Å².